The molecular weight excluding hydrogens is 315 g/mol. The summed E-state index contributed by atoms with van der Waals surface area (Å²) in [5.41, 5.74) is 4.58. The number of rotatable bonds is 1. The highest BCUT2D eigenvalue weighted by Gasteiger charge is 2.23. The fourth-order valence-electron chi connectivity index (χ4n) is 2.88. The quantitative estimate of drug-likeness (QED) is 0.546. The van der Waals surface area contributed by atoms with Crippen LogP contribution in [0, 0.1) is 5.82 Å². The lowest BCUT2D eigenvalue weighted by molar-refractivity contribution is 0.627. The first kappa shape index (κ1) is 11.9. The van der Waals surface area contributed by atoms with E-state index >= 15 is 0 Å². The molecule has 0 atom stereocenters. The molecule has 3 aromatic rings. The molecule has 3 aromatic carbocycles. The molecule has 0 aromatic heterocycles. The lowest BCUT2D eigenvalue weighted by Crippen LogP contribution is -1.86. The minimum Gasteiger partial charge on any atom is -0.207 e. The number of hydrogen-bond donors (Lipinski definition) is 0. The van der Waals surface area contributed by atoms with Crippen molar-refractivity contribution in [3.05, 3.63) is 83.2 Å². The summed E-state index contributed by atoms with van der Waals surface area (Å²) in [5.74, 6) is -0.209. The maximum Gasteiger partial charge on any atom is 0.123 e. The predicted molar refractivity (Wildman–Crippen MR) is 85.2 cm³/mol. The predicted octanol–water partition coefficient (Wildman–Crippen LogP) is 5.60. The van der Waals surface area contributed by atoms with Crippen molar-refractivity contribution < 1.29 is 4.39 Å². The fourth-order valence-corrected chi connectivity index (χ4v) is 3.66. The smallest absolute Gasteiger partial charge is 0.123 e. The van der Waals surface area contributed by atoms with Crippen LogP contribution in [0.1, 0.15) is 16.7 Å². The van der Waals surface area contributed by atoms with Crippen molar-refractivity contribution in [1.82, 2.24) is 0 Å². The zero-order valence-corrected chi connectivity index (χ0v) is 12.1. The first-order valence-corrected chi connectivity index (χ1v) is 7.23. The molecule has 0 amide bonds. The van der Waals surface area contributed by atoms with Gasteiger partial charge >= 0.3 is 0 Å². The van der Waals surface area contributed by atoms with Gasteiger partial charge in [0.1, 0.15) is 5.82 Å². The van der Waals surface area contributed by atoms with Gasteiger partial charge in [0.05, 0.1) is 0 Å². The maximum atomic E-state index is 13.1. The summed E-state index contributed by atoms with van der Waals surface area (Å²) in [5, 5.41) is 2.50. The van der Waals surface area contributed by atoms with Gasteiger partial charge in [-0.05, 0) is 55.5 Å². The van der Waals surface area contributed by atoms with Gasteiger partial charge < -0.3 is 0 Å². The standard InChI is InChI=1S/C18H10BrF/c19-18-15-6-2-4-11-3-1-5-14(16(11)15)17(18)12-7-9-13(20)10-8-12/h1-10H. The normalized spacial score (nSPS) is 13.3. The molecule has 4 rings (SSSR count). The van der Waals surface area contributed by atoms with Crippen molar-refractivity contribution in [3.8, 4) is 0 Å². The van der Waals surface area contributed by atoms with E-state index in [1.165, 1.54) is 34.0 Å². The van der Waals surface area contributed by atoms with Gasteiger partial charge in [-0.1, -0.05) is 48.5 Å². The molecule has 0 nitrogen and oxygen atoms in total. The third-order valence-electron chi connectivity index (χ3n) is 3.76. The minimum atomic E-state index is -0.209. The van der Waals surface area contributed by atoms with E-state index in [-0.39, 0.29) is 5.82 Å². The third-order valence-corrected chi connectivity index (χ3v) is 4.59. The summed E-state index contributed by atoms with van der Waals surface area (Å²) in [6.45, 7) is 0. The van der Waals surface area contributed by atoms with Gasteiger partial charge in [-0.2, -0.15) is 0 Å². The zero-order valence-electron chi connectivity index (χ0n) is 10.5. The van der Waals surface area contributed by atoms with Crippen LogP contribution in [0.2, 0.25) is 0 Å². The van der Waals surface area contributed by atoms with E-state index in [9.17, 15) is 4.39 Å². The first-order chi connectivity index (χ1) is 9.75. The summed E-state index contributed by atoms with van der Waals surface area (Å²) in [4.78, 5) is 0. The Kier molecular flexibility index (Phi) is 2.54. The maximum absolute atomic E-state index is 13.1. The Balaban J connectivity index is 2.05. The van der Waals surface area contributed by atoms with Gasteiger partial charge in [0.25, 0.3) is 0 Å². The van der Waals surface area contributed by atoms with Crippen molar-refractivity contribution in [2.45, 2.75) is 0 Å². The molecular formula is C18H10BrF. The molecule has 0 fully saturated rings. The summed E-state index contributed by atoms with van der Waals surface area (Å²) < 4.78 is 14.2. The van der Waals surface area contributed by atoms with Crippen molar-refractivity contribution in [1.29, 1.82) is 0 Å². The Hall–Kier alpha value is -1.93. The van der Waals surface area contributed by atoms with Gasteiger partial charge in [-0.25, -0.2) is 4.39 Å². The average Bonchev–Trinajstić information content (AvgIpc) is 2.76. The average molecular weight is 325 g/mol. The molecule has 2 heteroatoms. The third kappa shape index (κ3) is 1.58. The summed E-state index contributed by atoms with van der Waals surface area (Å²) in [7, 11) is 0. The van der Waals surface area contributed by atoms with E-state index in [4.69, 9.17) is 0 Å². The Morgan fingerprint density at radius 3 is 2.10 bits per heavy atom. The lowest BCUT2D eigenvalue weighted by Gasteiger charge is -2.06. The first-order valence-electron chi connectivity index (χ1n) is 6.44. The zero-order chi connectivity index (χ0) is 13.7. The van der Waals surface area contributed by atoms with Crippen LogP contribution in [0.4, 0.5) is 4.39 Å². The van der Waals surface area contributed by atoms with Crippen LogP contribution >= 0.6 is 15.9 Å². The Morgan fingerprint density at radius 1 is 0.750 bits per heavy atom. The Labute approximate surface area is 124 Å². The highest BCUT2D eigenvalue weighted by atomic mass is 79.9. The van der Waals surface area contributed by atoms with Gasteiger partial charge in [-0.3, -0.25) is 0 Å². The van der Waals surface area contributed by atoms with Gasteiger partial charge in [0, 0.05) is 10.1 Å². The summed E-state index contributed by atoms with van der Waals surface area (Å²) >= 11 is 3.72. The molecule has 1 aliphatic rings. The van der Waals surface area contributed by atoms with Crippen LogP contribution in [0.5, 0.6) is 0 Å². The molecule has 20 heavy (non-hydrogen) atoms. The van der Waals surface area contributed by atoms with Gasteiger partial charge in [0.15, 0.2) is 0 Å². The van der Waals surface area contributed by atoms with E-state index in [2.05, 4.69) is 52.3 Å². The van der Waals surface area contributed by atoms with Crippen molar-refractivity contribution in [3.63, 3.8) is 0 Å². The largest absolute Gasteiger partial charge is 0.207 e. The molecule has 0 unspecified atom stereocenters. The molecule has 0 radical (unpaired) electrons. The van der Waals surface area contributed by atoms with Crippen LogP contribution < -0.4 is 0 Å². The summed E-state index contributed by atoms with van der Waals surface area (Å²) in [6.07, 6.45) is 0. The second kappa shape index (κ2) is 4.29. The van der Waals surface area contributed by atoms with Crippen LogP contribution in [0.3, 0.4) is 0 Å². The van der Waals surface area contributed by atoms with Crippen LogP contribution in [0.15, 0.2) is 60.7 Å². The van der Waals surface area contributed by atoms with Crippen LogP contribution in [0.25, 0.3) is 20.8 Å². The van der Waals surface area contributed by atoms with E-state index in [1.807, 2.05) is 12.1 Å². The van der Waals surface area contributed by atoms with Crippen molar-refractivity contribution in [2.24, 2.45) is 0 Å². The molecule has 0 spiro atoms. The highest BCUT2D eigenvalue weighted by Crippen LogP contribution is 2.47. The molecule has 0 heterocycles. The molecule has 96 valence electrons. The number of hydrogen-bond acceptors (Lipinski definition) is 0. The number of halogens is 2. The van der Waals surface area contributed by atoms with Gasteiger partial charge in [0.2, 0.25) is 0 Å². The Bertz CT molecular complexity index is 855. The fraction of sp³-hybridized carbons (Fsp3) is 0. The molecule has 0 bridgehead atoms. The van der Waals surface area contributed by atoms with E-state index in [0.29, 0.717) is 0 Å². The van der Waals surface area contributed by atoms with Crippen LogP contribution in [-0.2, 0) is 0 Å². The van der Waals surface area contributed by atoms with E-state index < -0.39 is 0 Å². The molecule has 0 N–H and O–H groups in total. The second-order valence-electron chi connectivity index (χ2n) is 4.91. The van der Waals surface area contributed by atoms with Crippen molar-refractivity contribution >= 4 is 36.8 Å². The summed E-state index contributed by atoms with van der Waals surface area (Å²) in [6, 6.07) is 19.3. The van der Waals surface area contributed by atoms with Crippen LogP contribution in [-0.4, -0.2) is 0 Å². The van der Waals surface area contributed by atoms with Crippen molar-refractivity contribution in [2.75, 3.05) is 0 Å². The van der Waals surface area contributed by atoms with E-state index in [1.54, 1.807) is 0 Å². The minimum absolute atomic E-state index is 0.209. The molecule has 0 aliphatic heterocycles. The highest BCUT2D eigenvalue weighted by molar-refractivity contribution is 9.15. The topological polar surface area (TPSA) is 0 Å². The van der Waals surface area contributed by atoms with Gasteiger partial charge in [-0.15, -0.1) is 0 Å². The molecule has 1 aliphatic carbocycles. The second-order valence-corrected chi connectivity index (χ2v) is 5.70. The van der Waals surface area contributed by atoms with E-state index in [0.717, 1.165) is 15.6 Å². The molecule has 0 saturated carbocycles. The molecule has 0 saturated heterocycles. The monoisotopic (exact) mass is 324 g/mol. The lowest BCUT2D eigenvalue weighted by atomic mass is 9.98. The SMILES string of the molecule is Fc1ccc(C2=C(Br)c3cccc4cccc2c34)cc1. The number of benzene rings is 3. The Morgan fingerprint density at radius 2 is 1.40 bits per heavy atom.